The van der Waals surface area contributed by atoms with Crippen LogP contribution in [0.25, 0.3) is 0 Å². The van der Waals surface area contributed by atoms with E-state index in [2.05, 4.69) is 9.72 Å². The number of ether oxygens (including phenoxy) is 1. The van der Waals surface area contributed by atoms with Gasteiger partial charge in [0.1, 0.15) is 11.2 Å². The highest BCUT2D eigenvalue weighted by molar-refractivity contribution is 7.98. The summed E-state index contributed by atoms with van der Waals surface area (Å²) in [5.74, 6) is -0.0305. The quantitative estimate of drug-likeness (QED) is 0.365. The van der Waals surface area contributed by atoms with Gasteiger partial charge in [-0.2, -0.15) is 0 Å². The Morgan fingerprint density at radius 1 is 1.38 bits per heavy atom. The number of nitro groups is 1. The lowest BCUT2D eigenvalue weighted by molar-refractivity contribution is -0.385. The molecule has 7 heteroatoms. The Bertz CT molecular complexity index is 661. The van der Waals surface area contributed by atoms with E-state index in [0.29, 0.717) is 10.8 Å². The average molecular weight is 304 g/mol. The van der Waals surface area contributed by atoms with Gasteiger partial charge in [-0.25, -0.2) is 9.78 Å². The Kier molecular flexibility index (Phi) is 4.89. The molecule has 1 aromatic carbocycles. The molecule has 21 heavy (non-hydrogen) atoms. The van der Waals surface area contributed by atoms with Gasteiger partial charge < -0.3 is 4.74 Å². The molecule has 0 spiro atoms. The molecule has 0 fully saturated rings. The van der Waals surface area contributed by atoms with Gasteiger partial charge in [-0.1, -0.05) is 30.3 Å². The summed E-state index contributed by atoms with van der Waals surface area (Å²) in [6, 6.07) is 10.8. The van der Waals surface area contributed by atoms with E-state index in [1.165, 1.54) is 24.9 Å². The van der Waals surface area contributed by atoms with Gasteiger partial charge >= 0.3 is 5.97 Å². The first kappa shape index (κ1) is 15.0. The van der Waals surface area contributed by atoms with Gasteiger partial charge in [0, 0.05) is 11.8 Å². The molecule has 108 valence electrons. The number of hydrogen-bond acceptors (Lipinski definition) is 6. The minimum Gasteiger partial charge on any atom is -0.465 e. The fourth-order valence-electron chi connectivity index (χ4n) is 1.64. The lowest BCUT2D eigenvalue weighted by atomic mass is 10.2. The molecule has 0 aliphatic carbocycles. The predicted octanol–water partition coefficient (Wildman–Crippen LogP) is 3.07. The summed E-state index contributed by atoms with van der Waals surface area (Å²) in [6.07, 6.45) is 1.14. The van der Waals surface area contributed by atoms with Crippen molar-refractivity contribution in [3.05, 3.63) is 63.8 Å². The van der Waals surface area contributed by atoms with Crippen molar-refractivity contribution in [2.45, 2.75) is 10.8 Å². The van der Waals surface area contributed by atoms with Crippen molar-refractivity contribution >= 4 is 23.4 Å². The van der Waals surface area contributed by atoms with Gasteiger partial charge in [0.05, 0.1) is 17.6 Å². The number of carbonyl (C=O) groups excluding carboxylic acids is 1. The van der Waals surface area contributed by atoms with Crippen molar-refractivity contribution in [3.63, 3.8) is 0 Å². The Morgan fingerprint density at radius 3 is 2.71 bits per heavy atom. The molecule has 1 aromatic heterocycles. The van der Waals surface area contributed by atoms with Crippen LogP contribution in [0.1, 0.15) is 15.9 Å². The molecule has 0 amide bonds. The van der Waals surface area contributed by atoms with Crippen LogP contribution in [0.15, 0.2) is 47.6 Å². The monoisotopic (exact) mass is 304 g/mol. The van der Waals surface area contributed by atoms with Crippen LogP contribution in [-0.2, 0) is 10.5 Å². The predicted molar refractivity (Wildman–Crippen MR) is 78.2 cm³/mol. The maximum Gasteiger partial charge on any atom is 0.340 e. The summed E-state index contributed by atoms with van der Waals surface area (Å²) >= 11 is 1.33. The number of hydrogen-bond donors (Lipinski definition) is 0. The minimum atomic E-state index is -0.637. The molecule has 0 bridgehead atoms. The van der Waals surface area contributed by atoms with E-state index in [1.807, 2.05) is 30.3 Å². The summed E-state index contributed by atoms with van der Waals surface area (Å²) in [5, 5.41) is 11.2. The highest BCUT2D eigenvalue weighted by Gasteiger charge is 2.19. The molecule has 0 unspecified atom stereocenters. The molecule has 0 saturated heterocycles. The van der Waals surface area contributed by atoms with Crippen LogP contribution in [-0.4, -0.2) is 23.0 Å². The topological polar surface area (TPSA) is 82.3 Å². The molecule has 0 N–H and O–H groups in total. The van der Waals surface area contributed by atoms with Crippen LogP contribution in [0.3, 0.4) is 0 Å². The van der Waals surface area contributed by atoms with Crippen molar-refractivity contribution < 1.29 is 14.5 Å². The largest absolute Gasteiger partial charge is 0.465 e. The van der Waals surface area contributed by atoms with E-state index < -0.39 is 10.9 Å². The molecule has 0 atom stereocenters. The zero-order chi connectivity index (χ0) is 15.2. The van der Waals surface area contributed by atoms with E-state index in [1.54, 1.807) is 0 Å². The second kappa shape index (κ2) is 6.85. The smallest absolute Gasteiger partial charge is 0.340 e. The molecular formula is C14H12N2O4S. The van der Waals surface area contributed by atoms with Crippen LogP contribution < -0.4 is 0 Å². The zero-order valence-corrected chi connectivity index (χ0v) is 12.0. The number of methoxy groups -OCH3 is 1. The first-order valence-electron chi connectivity index (χ1n) is 6.01. The van der Waals surface area contributed by atoms with E-state index in [-0.39, 0.29) is 11.3 Å². The SMILES string of the molecule is COC(=O)c1cc([N+](=O)[O-])cnc1SCc1ccccc1. The van der Waals surface area contributed by atoms with Gasteiger partial charge in [0.25, 0.3) is 5.69 Å². The molecule has 1 heterocycles. The molecular weight excluding hydrogens is 292 g/mol. The van der Waals surface area contributed by atoms with E-state index in [4.69, 9.17) is 0 Å². The van der Waals surface area contributed by atoms with Crippen molar-refractivity contribution in [1.29, 1.82) is 0 Å². The highest BCUT2D eigenvalue weighted by atomic mass is 32.2. The summed E-state index contributed by atoms with van der Waals surface area (Å²) in [6.45, 7) is 0. The molecule has 0 radical (unpaired) electrons. The maximum absolute atomic E-state index is 11.7. The van der Waals surface area contributed by atoms with E-state index in [9.17, 15) is 14.9 Å². The first-order chi connectivity index (χ1) is 10.1. The lowest BCUT2D eigenvalue weighted by Crippen LogP contribution is -2.06. The molecule has 0 saturated carbocycles. The molecule has 6 nitrogen and oxygen atoms in total. The first-order valence-corrected chi connectivity index (χ1v) is 7.00. The summed E-state index contributed by atoms with van der Waals surface area (Å²) in [7, 11) is 1.23. The Hall–Kier alpha value is -2.41. The number of aromatic nitrogens is 1. The van der Waals surface area contributed by atoms with E-state index in [0.717, 1.165) is 11.8 Å². The number of thioether (sulfide) groups is 1. The zero-order valence-electron chi connectivity index (χ0n) is 11.2. The molecule has 0 aliphatic heterocycles. The Morgan fingerprint density at radius 2 is 2.10 bits per heavy atom. The third-order valence-electron chi connectivity index (χ3n) is 2.67. The van der Waals surface area contributed by atoms with Gasteiger partial charge in [0.15, 0.2) is 0 Å². The van der Waals surface area contributed by atoms with Gasteiger partial charge in [0.2, 0.25) is 0 Å². The van der Waals surface area contributed by atoms with Crippen molar-refractivity contribution in [1.82, 2.24) is 4.98 Å². The van der Waals surface area contributed by atoms with Crippen LogP contribution in [0.4, 0.5) is 5.69 Å². The fraction of sp³-hybridized carbons (Fsp3) is 0.143. The van der Waals surface area contributed by atoms with Crippen LogP contribution in [0, 0.1) is 10.1 Å². The van der Waals surface area contributed by atoms with Crippen LogP contribution in [0.2, 0.25) is 0 Å². The number of esters is 1. The number of benzene rings is 1. The number of nitrogens with zero attached hydrogens (tertiary/aromatic N) is 2. The van der Waals surface area contributed by atoms with Crippen molar-refractivity contribution in [2.75, 3.05) is 7.11 Å². The molecule has 0 aliphatic rings. The van der Waals surface area contributed by atoms with Crippen molar-refractivity contribution in [3.8, 4) is 0 Å². The number of pyridine rings is 1. The van der Waals surface area contributed by atoms with Gasteiger partial charge in [-0.15, -0.1) is 11.8 Å². The second-order valence-corrected chi connectivity index (χ2v) is 5.03. The second-order valence-electron chi connectivity index (χ2n) is 4.07. The van der Waals surface area contributed by atoms with Crippen LogP contribution in [0.5, 0.6) is 0 Å². The number of carbonyl (C=O) groups is 1. The Labute approximate surface area is 125 Å². The van der Waals surface area contributed by atoms with Gasteiger partial charge in [-0.3, -0.25) is 10.1 Å². The van der Waals surface area contributed by atoms with Crippen molar-refractivity contribution in [2.24, 2.45) is 0 Å². The Balaban J connectivity index is 2.25. The normalized spacial score (nSPS) is 10.1. The standard InChI is InChI=1S/C14H12N2O4S/c1-20-14(17)12-7-11(16(18)19)8-15-13(12)21-9-10-5-3-2-4-6-10/h2-8H,9H2,1H3. The summed E-state index contributed by atoms with van der Waals surface area (Å²) < 4.78 is 4.65. The third-order valence-corrected chi connectivity index (χ3v) is 3.75. The van der Waals surface area contributed by atoms with Gasteiger partial charge in [-0.05, 0) is 5.56 Å². The number of rotatable bonds is 5. The fourth-order valence-corrected chi connectivity index (χ4v) is 2.56. The third kappa shape index (κ3) is 3.79. The minimum absolute atomic E-state index is 0.104. The summed E-state index contributed by atoms with van der Waals surface area (Å²) in [5.41, 5.74) is 0.936. The average Bonchev–Trinajstić information content (AvgIpc) is 2.52. The summed E-state index contributed by atoms with van der Waals surface area (Å²) in [4.78, 5) is 25.9. The molecule has 2 aromatic rings. The highest BCUT2D eigenvalue weighted by Crippen LogP contribution is 2.27. The lowest BCUT2D eigenvalue weighted by Gasteiger charge is -2.06. The maximum atomic E-state index is 11.7. The van der Waals surface area contributed by atoms with E-state index >= 15 is 0 Å². The molecule has 2 rings (SSSR count). The van der Waals surface area contributed by atoms with Crippen LogP contribution >= 0.6 is 11.8 Å².